The van der Waals surface area contributed by atoms with Gasteiger partial charge in [-0.25, -0.2) is 0 Å². The maximum absolute atomic E-state index is 13.2. The van der Waals surface area contributed by atoms with Crippen molar-refractivity contribution < 1.29 is 17.9 Å². The molecule has 4 nitrogen and oxygen atoms in total. The summed E-state index contributed by atoms with van der Waals surface area (Å²) in [5, 5.41) is 0. The summed E-state index contributed by atoms with van der Waals surface area (Å²) in [5.74, 6) is 9.83. The van der Waals surface area contributed by atoms with Gasteiger partial charge in [0.25, 0.3) is 0 Å². The molecule has 0 spiro atoms. The molecule has 2 aromatic carbocycles. The molecule has 0 amide bonds. The number of benzene rings is 2. The normalized spacial score (nSPS) is 17.0. The van der Waals surface area contributed by atoms with Gasteiger partial charge in [-0.2, -0.15) is 0 Å². The Labute approximate surface area is 205 Å². The molecular formula is C28H34O4S2. The quantitative estimate of drug-likeness (QED) is 0.225. The van der Waals surface area contributed by atoms with Gasteiger partial charge in [-0.15, -0.1) is 0 Å². The standard InChI is InChI=1S/C28H34O4S2/c1-21-9-17-27(18-10-21)34(8,30)28-19-15-26(16-20-28)32-23(3)12-14-25(5)33(7,29)24(4)13-11-22(2)31-6/h9-20H,7-8H2,1-6H3. The van der Waals surface area contributed by atoms with Gasteiger partial charge in [-0.3, -0.25) is 8.42 Å². The molecule has 0 N–H and O–H groups in total. The van der Waals surface area contributed by atoms with E-state index in [-0.39, 0.29) is 0 Å². The first kappa shape index (κ1) is 27.3. The molecule has 34 heavy (non-hydrogen) atoms. The SMILES string of the molecule is C=S(=O)(C(C)=CC=C(C)OC)C(C)=CC=C(C)Oc1ccc(S(=C)(=O)c2ccc(C)cc2)cc1. The number of allylic oxidation sites excluding steroid dienone is 8. The first-order chi connectivity index (χ1) is 15.9. The van der Waals surface area contributed by atoms with Crippen LogP contribution in [0.25, 0.3) is 0 Å². The average molecular weight is 499 g/mol. The minimum atomic E-state index is -2.59. The average Bonchev–Trinajstić information content (AvgIpc) is 2.81. The summed E-state index contributed by atoms with van der Waals surface area (Å²) >= 11 is 0. The second-order valence-electron chi connectivity index (χ2n) is 8.05. The minimum Gasteiger partial charge on any atom is -0.501 e. The van der Waals surface area contributed by atoms with E-state index in [0.717, 1.165) is 11.3 Å². The van der Waals surface area contributed by atoms with E-state index < -0.39 is 19.0 Å². The van der Waals surface area contributed by atoms with E-state index in [2.05, 4.69) is 11.7 Å². The van der Waals surface area contributed by atoms with Crippen molar-refractivity contribution in [2.45, 2.75) is 44.4 Å². The molecular weight excluding hydrogens is 464 g/mol. The molecule has 6 heteroatoms. The Morgan fingerprint density at radius 2 is 1.18 bits per heavy atom. The summed E-state index contributed by atoms with van der Waals surface area (Å²) in [5.41, 5.74) is 1.10. The van der Waals surface area contributed by atoms with Crippen molar-refractivity contribution >= 4 is 30.8 Å². The fourth-order valence-corrected chi connectivity index (χ4v) is 5.36. The lowest BCUT2D eigenvalue weighted by molar-refractivity contribution is 0.294. The van der Waals surface area contributed by atoms with Crippen molar-refractivity contribution in [3.05, 3.63) is 99.7 Å². The van der Waals surface area contributed by atoms with Crippen molar-refractivity contribution in [1.82, 2.24) is 0 Å². The van der Waals surface area contributed by atoms with Gasteiger partial charge in [0.2, 0.25) is 0 Å². The molecule has 0 aliphatic heterocycles. The van der Waals surface area contributed by atoms with Gasteiger partial charge in [0.1, 0.15) is 11.5 Å². The Kier molecular flexibility index (Phi) is 9.19. The van der Waals surface area contributed by atoms with E-state index in [4.69, 9.17) is 9.47 Å². The highest BCUT2D eigenvalue weighted by Crippen LogP contribution is 2.24. The highest BCUT2D eigenvalue weighted by Gasteiger charge is 2.12. The van der Waals surface area contributed by atoms with Gasteiger partial charge in [-0.1, -0.05) is 17.7 Å². The maximum Gasteiger partial charge on any atom is 0.126 e. The van der Waals surface area contributed by atoms with Gasteiger partial charge >= 0.3 is 0 Å². The van der Waals surface area contributed by atoms with Crippen LogP contribution < -0.4 is 4.74 Å². The molecule has 2 aromatic rings. The smallest absolute Gasteiger partial charge is 0.126 e. The molecule has 0 saturated heterocycles. The van der Waals surface area contributed by atoms with E-state index >= 15 is 0 Å². The lowest BCUT2D eigenvalue weighted by Crippen LogP contribution is -2.02. The fraction of sp³-hybridized carbons (Fsp3) is 0.214. The van der Waals surface area contributed by atoms with Gasteiger partial charge in [0.15, 0.2) is 0 Å². The molecule has 2 unspecified atom stereocenters. The Morgan fingerprint density at radius 3 is 1.65 bits per heavy atom. The molecule has 2 rings (SSSR count). The lowest BCUT2D eigenvalue weighted by Gasteiger charge is -2.12. The summed E-state index contributed by atoms with van der Waals surface area (Å²) in [4.78, 5) is 2.62. The van der Waals surface area contributed by atoms with Crippen LogP contribution in [0.5, 0.6) is 5.75 Å². The second-order valence-corrected chi connectivity index (χ2v) is 13.0. The van der Waals surface area contributed by atoms with Crippen LogP contribution >= 0.6 is 0 Å². The number of ether oxygens (including phenoxy) is 2. The molecule has 0 aliphatic rings. The highest BCUT2D eigenvalue weighted by atomic mass is 32.2. The highest BCUT2D eigenvalue weighted by molar-refractivity contribution is 8.07. The Hall–Kier alpha value is -2.96. The molecule has 0 heterocycles. The Balaban J connectivity index is 2.16. The topological polar surface area (TPSA) is 52.6 Å². The van der Waals surface area contributed by atoms with Gasteiger partial charge < -0.3 is 9.47 Å². The molecule has 0 saturated carbocycles. The third kappa shape index (κ3) is 7.02. The van der Waals surface area contributed by atoms with Crippen LogP contribution in [0.2, 0.25) is 0 Å². The third-order valence-electron chi connectivity index (χ3n) is 5.35. The summed E-state index contributed by atoms with van der Waals surface area (Å²) in [6.45, 7) is 9.20. The maximum atomic E-state index is 13.2. The second kappa shape index (κ2) is 11.4. The Bertz CT molecular complexity index is 1340. The van der Waals surface area contributed by atoms with Crippen LogP contribution in [0.3, 0.4) is 0 Å². The largest absolute Gasteiger partial charge is 0.501 e. The summed E-state index contributed by atoms with van der Waals surface area (Å²) in [6, 6.07) is 14.6. The molecule has 0 aromatic heterocycles. The van der Waals surface area contributed by atoms with E-state index in [1.807, 2.05) is 45.0 Å². The zero-order chi connectivity index (χ0) is 25.5. The third-order valence-corrected chi connectivity index (χ3v) is 9.77. The van der Waals surface area contributed by atoms with Crippen LogP contribution in [-0.2, 0) is 23.8 Å². The summed E-state index contributed by atoms with van der Waals surface area (Å²) < 4.78 is 37.3. The number of hydrogen-bond acceptors (Lipinski definition) is 4. The van der Waals surface area contributed by atoms with E-state index in [0.29, 0.717) is 31.1 Å². The number of hydrogen-bond donors (Lipinski definition) is 0. The Morgan fingerprint density at radius 1 is 0.735 bits per heavy atom. The number of rotatable bonds is 9. The molecule has 2 atom stereocenters. The van der Waals surface area contributed by atoms with Crippen molar-refractivity contribution in [3.8, 4) is 5.75 Å². The molecule has 0 fully saturated rings. The van der Waals surface area contributed by atoms with Crippen LogP contribution in [0.4, 0.5) is 0 Å². The summed E-state index contributed by atoms with van der Waals surface area (Å²) in [7, 11) is -3.59. The van der Waals surface area contributed by atoms with Crippen molar-refractivity contribution in [3.63, 3.8) is 0 Å². The van der Waals surface area contributed by atoms with Crippen LogP contribution in [0.15, 0.2) is 104 Å². The van der Waals surface area contributed by atoms with E-state index in [9.17, 15) is 8.42 Å². The van der Waals surface area contributed by atoms with E-state index in [1.54, 1.807) is 69.5 Å². The van der Waals surface area contributed by atoms with Crippen LogP contribution in [0.1, 0.15) is 33.3 Å². The van der Waals surface area contributed by atoms with Gasteiger partial charge in [0, 0.05) is 38.6 Å². The van der Waals surface area contributed by atoms with E-state index in [1.165, 1.54) is 0 Å². The molecule has 0 radical (unpaired) electrons. The molecule has 0 bridgehead atoms. The first-order valence-electron chi connectivity index (χ1n) is 10.7. The van der Waals surface area contributed by atoms with Gasteiger partial charge in [-0.05, 0) is 107 Å². The predicted octanol–water partition coefficient (Wildman–Crippen LogP) is 6.49. The van der Waals surface area contributed by atoms with Crippen LogP contribution in [-0.4, -0.2) is 27.3 Å². The fourth-order valence-electron chi connectivity index (χ4n) is 2.85. The molecule has 182 valence electrons. The van der Waals surface area contributed by atoms with Crippen LogP contribution in [0, 0.1) is 6.92 Å². The number of aryl methyl sites for hydroxylation is 1. The lowest BCUT2D eigenvalue weighted by atomic mass is 10.2. The summed E-state index contributed by atoms with van der Waals surface area (Å²) in [6.07, 6.45) is 7.04. The van der Waals surface area contributed by atoms with Crippen molar-refractivity contribution in [2.24, 2.45) is 0 Å². The predicted molar refractivity (Wildman–Crippen MR) is 147 cm³/mol. The zero-order valence-corrected chi connectivity index (χ0v) is 22.4. The number of methoxy groups -OCH3 is 1. The monoisotopic (exact) mass is 498 g/mol. The minimum absolute atomic E-state index is 0.606. The van der Waals surface area contributed by atoms with Crippen molar-refractivity contribution in [1.29, 1.82) is 0 Å². The van der Waals surface area contributed by atoms with Gasteiger partial charge in [0.05, 0.1) is 12.9 Å². The van der Waals surface area contributed by atoms with Crippen molar-refractivity contribution in [2.75, 3.05) is 7.11 Å². The first-order valence-corrected chi connectivity index (χ1v) is 14.2. The molecule has 0 aliphatic carbocycles. The zero-order valence-electron chi connectivity index (χ0n) is 20.8.